The molecule has 0 amide bonds. The van der Waals surface area contributed by atoms with Gasteiger partial charge in [0.2, 0.25) is 5.88 Å². The number of halogens is 1. The third-order valence-corrected chi connectivity index (χ3v) is 1.99. The summed E-state index contributed by atoms with van der Waals surface area (Å²) in [5.41, 5.74) is 0. The SMILES string of the molecule is CCCOc1cncc(NCCOCCCl)n1. The van der Waals surface area contributed by atoms with Gasteiger partial charge < -0.3 is 14.8 Å². The Morgan fingerprint density at radius 3 is 2.94 bits per heavy atom. The number of ether oxygens (including phenoxy) is 2. The van der Waals surface area contributed by atoms with E-state index in [1.165, 1.54) is 0 Å². The molecule has 0 aliphatic heterocycles. The summed E-state index contributed by atoms with van der Waals surface area (Å²) in [6.07, 6.45) is 4.21. The van der Waals surface area contributed by atoms with Crippen LogP contribution in [0.5, 0.6) is 5.88 Å². The molecule has 96 valence electrons. The number of aromatic nitrogens is 2. The third kappa shape index (κ3) is 6.28. The Kier molecular flexibility index (Phi) is 7.42. The van der Waals surface area contributed by atoms with Gasteiger partial charge in [0.25, 0.3) is 0 Å². The number of anilines is 1. The van der Waals surface area contributed by atoms with Gasteiger partial charge in [-0.25, -0.2) is 0 Å². The standard InChI is InChI=1S/C11H18ClN3O2/c1-2-5-17-11-9-13-8-10(15-11)14-4-7-16-6-3-12/h8-9H,2-7H2,1H3,(H,14,15). The molecule has 0 aliphatic carbocycles. The predicted molar refractivity (Wildman–Crippen MR) is 67.8 cm³/mol. The van der Waals surface area contributed by atoms with Crippen molar-refractivity contribution in [2.24, 2.45) is 0 Å². The van der Waals surface area contributed by atoms with Crippen LogP contribution in [0.4, 0.5) is 5.82 Å². The highest BCUT2D eigenvalue weighted by atomic mass is 35.5. The predicted octanol–water partition coefficient (Wildman–Crippen LogP) is 1.93. The lowest BCUT2D eigenvalue weighted by Crippen LogP contribution is -2.12. The fourth-order valence-corrected chi connectivity index (χ4v) is 1.23. The average molecular weight is 260 g/mol. The summed E-state index contributed by atoms with van der Waals surface area (Å²) in [5.74, 6) is 1.74. The van der Waals surface area contributed by atoms with Crippen LogP contribution < -0.4 is 10.1 Å². The fourth-order valence-electron chi connectivity index (χ4n) is 1.12. The van der Waals surface area contributed by atoms with Crippen LogP contribution in [0.3, 0.4) is 0 Å². The van der Waals surface area contributed by atoms with Crippen molar-refractivity contribution < 1.29 is 9.47 Å². The summed E-state index contributed by atoms with van der Waals surface area (Å²) in [5, 5.41) is 3.10. The molecule has 0 bridgehead atoms. The van der Waals surface area contributed by atoms with Gasteiger partial charge in [-0.3, -0.25) is 4.98 Å². The molecule has 1 aromatic rings. The van der Waals surface area contributed by atoms with Crippen LogP contribution in [0.25, 0.3) is 0 Å². The molecule has 1 N–H and O–H groups in total. The normalized spacial score (nSPS) is 10.2. The zero-order valence-corrected chi connectivity index (χ0v) is 10.7. The van der Waals surface area contributed by atoms with Crippen molar-refractivity contribution in [2.45, 2.75) is 13.3 Å². The van der Waals surface area contributed by atoms with E-state index < -0.39 is 0 Å². The number of alkyl halides is 1. The van der Waals surface area contributed by atoms with Gasteiger partial charge in [-0.05, 0) is 6.42 Å². The molecule has 0 fully saturated rings. The zero-order valence-electron chi connectivity index (χ0n) is 9.99. The summed E-state index contributed by atoms with van der Waals surface area (Å²) >= 11 is 5.48. The number of nitrogens with zero attached hydrogens (tertiary/aromatic N) is 2. The zero-order chi connectivity index (χ0) is 12.3. The summed E-state index contributed by atoms with van der Waals surface area (Å²) in [6, 6.07) is 0. The highest BCUT2D eigenvalue weighted by Gasteiger charge is 1.98. The summed E-state index contributed by atoms with van der Waals surface area (Å²) in [6.45, 7) is 4.52. The van der Waals surface area contributed by atoms with Gasteiger partial charge in [0.1, 0.15) is 5.82 Å². The van der Waals surface area contributed by atoms with Gasteiger partial charge in [-0.15, -0.1) is 11.6 Å². The van der Waals surface area contributed by atoms with E-state index in [1.807, 2.05) is 6.92 Å². The van der Waals surface area contributed by atoms with Gasteiger partial charge in [-0.2, -0.15) is 4.98 Å². The van der Waals surface area contributed by atoms with E-state index in [0.29, 0.717) is 43.9 Å². The minimum atomic E-state index is 0.514. The molecular weight excluding hydrogens is 242 g/mol. The van der Waals surface area contributed by atoms with Crippen LogP contribution in [-0.4, -0.2) is 42.2 Å². The number of hydrogen-bond donors (Lipinski definition) is 1. The van der Waals surface area contributed by atoms with Crippen LogP contribution in [0.2, 0.25) is 0 Å². The van der Waals surface area contributed by atoms with Crippen molar-refractivity contribution in [3.63, 3.8) is 0 Å². The van der Waals surface area contributed by atoms with E-state index in [4.69, 9.17) is 21.1 Å². The van der Waals surface area contributed by atoms with Crippen LogP contribution in [0.1, 0.15) is 13.3 Å². The molecular formula is C11H18ClN3O2. The molecule has 5 nitrogen and oxygen atoms in total. The summed E-state index contributed by atoms with van der Waals surface area (Å²) < 4.78 is 10.6. The number of hydrogen-bond acceptors (Lipinski definition) is 5. The molecule has 1 rings (SSSR count). The van der Waals surface area contributed by atoms with E-state index in [9.17, 15) is 0 Å². The van der Waals surface area contributed by atoms with E-state index >= 15 is 0 Å². The second-order valence-electron chi connectivity index (χ2n) is 3.32. The van der Waals surface area contributed by atoms with Crippen molar-refractivity contribution in [1.82, 2.24) is 9.97 Å². The fraction of sp³-hybridized carbons (Fsp3) is 0.636. The second-order valence-corrected chi connectivity index (χ2v) is 3.70. The maximum atomic E-state index is 5.48. The van der Waals surface area contributed by atoms with Crippen LogP contribution >= 0.6 is 11.6 Å². The Bertz CT molecular complexity index is 313. The molecule has 0 aromatic carbocycles. The molecule has 0 spiro atoms. The molecule has 0 saturated heterocycles. The van der Waals surface area contributed by atoms with E-state index in [1.54, 1.807) is 12.4 Å². The maximum Gasteiger partial charge on any atom is 0.234 e. The molecule has 0 aliphatic rings. The number of nitrogens with one attached hydrogen (secondary N) is 1. The first-order valence-corrected chi connectivity index (χ1v) is 6.22. The highest BCUT2D eigenvalue weighted by Crippen LogP contribution is 2.08. The lowest BCUT2D eigenvalue weighted by molar-refractivity contribution is 0.160. The minimum absolute atomic E-state index is 0.514. The van der Waals surface area contributed by atoms with E-state index in [2.05, 4.69) is 15.3 Å². The highest BCUT2D eigenvalue weighted by molar-refractivity contribution is 6.17. The topological polar surface area (TPSA) is 56.3 Å². The first kappa shape index (κ1) is 14.0. The third-order valence-electron chi connectivity index (χ3n) is 1.84. The Morgan fingerprint density at radius 1 is 1.29 bits per heavy atom. The molecule has 1 heterocycles. The van der Waals surface area contributed by atoms with Gasteiger partial charge in [-0.1, -0.05) is 6.92 Å². The van der Waals surface area contributed by atoms with E-state index in [0.717, 1.165) is 6.42 Å². The quantitative estimate of drug-likeness (QED) is 0.543. The van der Waals surface area contributed by atoms with Crippen LogP contribution in [0.15, 0.2) is 12.4 Å². The van der Waals surface area contributed by atoms with Gasteiger partial charge in [0.15, 0.2) is 0 Å². The average Bonchev–Trinajstić information content (AvgIpc) is 2.37. The van der Waals surface area contributed by atoms with Crippen LogP contribution in [-0.2, 0) is 4.74 Å². The minimum Gasteiger partial charge on any atom is -0.477 e. The van der Waals surface area contributed by atoms with Gasteiger partial charge in [0, 0.05) is 12.4 Å². The molecule has 0 radical (unpaired) electrons. The Labute approximate surface area is 107 Å². The van der Waals surface area contributed by atoms with Crippen molar-refractivity contribution in [1.29, 1.82) is 0 Å². The summed E-state index contributed by atoms with van der Waals surface area (Å²) in [7, 11) is 0. The lowest BCUT2D eigenvalue weighted by Gasteiger charge is -2.07. The Morgan fingerprint density at radius 2 is 2.18 bits per heavy atom. The molecule has 0 atom stereocenters. The number of rotatable bonds is 9. The van der Waals surface area contributed by atoms with Crippen molar-refractivity contribution >= 4 is 17.4 Å². The van der Waals surface area contributed by atoms with Gasteiger partial charge >= 0.3 is 0 Å². The maximum absolute atomic E-state index is 5.48. The van der Waals surface area contributed by atoms with Crippen molar-refractivity contribution in [3.8, 4) is 5.88 Å². The smallest absolute Gasteiger partial charge is 0.234 e. The Balaban J connectivity index is 2.27. The lowest BCUT2D eigenvalue weighted by atomic mass is 10.5. The molecule has 0 unspecified atom stereocenters. The molecule has 0 saturated carbocycles. The molecule has 1 aromatic heterocycles. The summed E-state index contributed by atoms with van der Waals surface area (Å²) in [4.78, 5) is 8.29. The molecule has 6 heteroatoms. The van der Waals surface area contributed by atoms with Crippen molar-refractivity contribution in [2.75, 3.05) is 37.6 Å². The second kappa shape index (κ2) is 9.01. The first-order valence-electron chi connectivity index (χ1n) is 5.69. The van der Waals surface area contributed by atoms with Gasteiger partial charge in [0.05, 0.1) is 32.2 Å². The van der Waals surface area contributed by atoms with E-state index in [-0.39, 0.29) is 0 Å². The Hall–Kier alpha value is -1.07. The van der Waals surface area contributed by atoms with Crippen LogP contribution in [0, 0.1) is 0 Å². The first-order chi connectivity index (χ1) is 8.36. The largest absolute Gasteiger partial charge is 0.477 e. The van der Waals surface area contributed by atoms with Crippen molar-refractivity contribution in [3.05, 3.63) is 12.4 Å². The monoisotopic (exact) mass is 259 g/mol. The molecule has 17 heavy (non-hydrogen) atoms.